The minimum absolute atomic E-state index is 0.245. The number of nitrogens with zero attached hydrogens (tertiary/aromatic N) is 1. The Morgan fingerprint density at radius 3 is 2.53 bits per heavy atom. The van der Waals surface area contributed by atoms with Crippen molar-refractivity contribution in [3.63, 3.8) is 0 Å². The molecule has 30 heavy (non-hydrogen) atoms. The normalized spacial score (nSPS) is 11.1. The average Bonchev–Trinajstić information content (AvgIpc) is 2.73. The third-order valence-corrected chi connectivity index (χ3v) is 5.55. The van der Waals surface area contributed by atoms with E-state index in [0.717, 1.165) is 19.2 Å². The highest BCUT2D eigenvalue weighted by molar-refractivity contribution is 14.1. The minimum atomic E-state index is -0.431. The highest BCUT2D eigenvalue weighted by atomic mass is 127. The number of hydrogen-bond acceptors (Lipinski definition) is 3. The van der Waals surface area contributed by atoms with Crippen LogP contribution in [0.5, 0.6) is 11.5 Å². The van der Waals surface area contributed by atoms with Crippen molar-refractivity contribution in [2.24, 2.45) is 0 Å². The Labute approximate surface area is 197 Å². The number of hydrogen-bond donors (Lipinski definition) is 0. The van der Waals surface area contributed by atoms with Crippen molar-refractivity contribution in [2.45, 2.75) is 13.5 Å². The van der Waals surface area contributed by atoms with E-state index in [2.05, 4.69) is 44.6 Å². The first-order chi connectivity index (χ1) is 14.5. The van der Waals surface area contributed by atoms with Gasteiger partial charge in [-0.2, -0.15) is 5.26 Å². The summed E-state index contributed by atoms with van der Waals surface area (Å²) in [4.78, 5) is 0. The van der Waals surface area contributed by atoms with E-state index in [4.69, 9.17) is 9.47 Å². The van der Waals surface area contributed by atoms with Crippen LogP contribution in [0.1, 0.15) is 23.6 Å². The van der Waals surface area contributed by atoms with Gasteiger partial charge < -0.3 is 9.47 Å². The van der Waals surface area contributed by atoms with Crippen molar-refractivity contribution in [2.75, 3.05) is 6.61 Å². The van der Waals surface area contributed by atoms with Crippen LogP contribution < -0.4 is 9.47 Å². The molecule has 0 saturated heterocycles. The number of ether oxygens (including phenoxy) is 2. The molecule has 0 aliphatic carbocycles. The molecule has 0 radical (unpaired) electrons. The fraction of sp³-hybridized carbons (Fsp3) is 0.125. The van der Waals surface area contributed by atoms with Gasteiger partial charge in [0.25, 0.3) is 0 Å². The van der Waals surface area contributed by atoms with Crippen LogP contribution in [-0.4, -0.2) is 6.61 Å². The Kier molecular flexibility index (Phi) is 7.88. The summed E-state index contributed by atoms with van der Waals surface area (Å²) in [5.74, 6) is 0.792. The molecule has 0 N–H and O–H groups in total. The second-order valence-electron chi connectivity index (χ2n) is 6.33. The maximum atomic E-state index is 14.1. The Bertz CT molecular complexity index is 1110. The summed E-state index contributed by atoms with van der Waals surface area (Å²) in [6.07, 6.45) is 1.65. The van der Waals surface area contributed by atoms with Gasteiger partial charge in [-0.15, -0.1) is 0 Å². The van der Waals surface area contributed by atoms with Gasteiger partial charge in [-0.05, 0) is 77.0 Å². The molecule has 0 unspecified atom stereocenters. The number of halogens is 3. The molecule has 0 saturated carbocycles. The topological polar surface area (TPSA) is 42.2 Å². The van der Waals surface area contributed by atoms with Crippen molar-refractivity contribution in [1.29, 1.82) is 5.26 Å². The van der Waals surface area contributed by atoms with Crippen molar-refractivity contribution in [1.82, 2.24) is 0 Å². The monoisotopic (exact) mass is 577 g/mol. The second kappa shape index (κ2) is 10.6. The molecule has 0 amide bonds. The average molecular weight is 578 g/mol. The largest absolute Gasteiger partial charge is 0.490 e. The van der Waals surface area contributed by atoms with Crippen LogP contribution in [0.25, 0.3) is 11.6 Å². The van der Waals surface area contributed by atoms with E-state index in [1.54, 1.807) is 30.3 Å². The highest BCUT2D eigenvalue weighted by Gasteiger charge is 2.14. The zero-order chi connectivity index (χ0) is 21.5. The summed E-state index contributed by atoms with van der Waals surface area (Å²) in [5, 5.41) is 9.55. The highest BCUT2D eigenvalue weighted by Crippen LogP contribution is 2.36. The van der Waals surface area contributed by atoms with E-state index in [0.29, 0.717) is 24.7 Å². The van der Waals surface area contributed by atoms with Gasteiger partial charge in [-0.1, -0.05) is 46.3 Å². The molecule has 3 aromatic carbocycles. The zero-order valence-electron chi connectivity index (χ0n) is 16.2. The Morgan fingerprint density at radius 1 is 1.13 bits per heavy atom. The van der Waals surface area contributed by atoms with Crippen LogP contribution in [0.3, 0.4) is 0 Å². The fourth-order valence-corrected chi connectivity index (χ4v) is 3.87. The van der Waals surface area contributed by atoms with Gasteiger partial charge in [-0.3, -0.25) is 0 Å². The van der Waals surface area contributed by atoms with Crippen molar-refractivity contribution in [3.05, 3.63) is 91.2 Å². The number of allylic oxidation sites excluding steroid dienone is 1. The summed E-state index contributed by atoms with van der Waals surface area (Å²) in [6.45, 7) is 2.77. The lowest BCUT2D eigenvalue weighted by molar-refractivity contribution is 0.267. The Hall–Kier alpha value is -2.37. The molecule has 0 aromatic heterocycles. The van der Waals surface area contributed by atoms with Gasteiger partial charge in [0.2, 0.25) is 0 Å². The number of benzene rings is 3. The smallest absolute Gasteiger partial charge is 0.175 e. The molecule has 3 aromatic rings. The van der Waals surface area contributed by atoms with E-state index in [9.17, 15) is 9.65 Å². The molecule has 0 bridgehead atoms. The number of nitriles is 1. The SMILES string of the molecule is CCOc1cc(/C=C(/C#N)c2ccccc2F)cc(I)c1OCc1ccc(Br)cc1. The first-order valence-corrected chi connectivity index (χ1v) is 11.1. The van der Waals surface area contributed by atoms with Crippen molar-refractivity contribution < 1.29 is 13.9 Å². The molecule has 3 rings (SSSR count). The van der Waals surface area contributed by atoms with Crippen molar-refractivity contribution >= 4 is 50.2 Å². The molecule has 3 nitrogen and oxygen atoms in total. The van der Waals surface area contributed by atoms with Gasteiger partial charge in [-0.25, -0.2) is 4.39 Å². The molecular weight excluding hydrogens is 560 g/mol. The van der Waals surface area contributed by atoms with Gasteiger partial charge in [0, 0.05) is 10.0 Å². The molecule has 6 heteroatoms. The Balaban J connectivity index is 1.93. The van der Waals surface area contributed by atoms with E-state index in [1.807, 2.05) is 37.3 Å². The minimum Gasteiger partial charge on any atom is -0.490 e. The summed E-state index contributed by atoms with van der Waals surface area (Å²) < 4.78 is 27.8. The van der Waals surface area contributed by atoms with Crippen LogP contribution >= 0.6 is 38.5 Å². The lowest BCUT2D eigenvalue weighted by Crippen LogP contribution is -2.02. The van der Waals surface area contributed by atoms with Gasteiger partial charge in [0.05, 0.1) is 21.8 Å². The fourth-order valence-electron chi connectivity index (χ4n) is 2.83. The lowest BCUT2D eigenvalue weighted by atomic mass is 10.0. The predicted octanol–water partition coefficient (Wildman–Crippen LogP) is 7.23. The van der Waals surface area contributed by atoms with Gasteiger partial charge >= 0.3 is 0 Å². The van der Waals surface area contributed by atoms with Crippen LogP contribution in [0.4, 0.5) is 4.39 Å². The van der Waals surface area contributed by atoms with Crippen LogP contribution in [0, 0.1) is 20.7 Å². The lowest BCUT2D eigenvalue weighted by Gasteiger charge is -2.15. The third kappa shape index (κ3) is 5.61. The van der Waals surface area contributed by atoms with Crippen LogP contribution in [0.2, 0.25) is 0 Å². The quantitative estimate of drug-likeness (QED) is 0.169. The summed E-state index contributed by atoms with van der Waals surface area (Å²) in [5.41, 5.74) is 2.28. The van der Waals surface area contributed by atoms with E-state index >= 15 is 0 Å². The van der Waals surface area contributed by atoms with E-state index < -0.39 is 5.82 Å². The maximum Gasteiger partial charge on any atom is 0.175 e. The van der Waals surface area contributed by atoms with Gasteiger partial charge in [0.15, 0.2) is 11.5 Å². The molecular formula is C24H18BrFINO2. The van der Waals surface area contributed by atoms with Crippen molar-refractivity contribution in [3.8, 4) is 17.6 Å². The van der Waals surface area contributed by atoms with E-state index in [-0.39, 0.29) is 11.1 Å². The second-order valence-corrected chi connectivity index (χ2v) is 8.41. The molecule has 0 aliphatic rings. The third-order valence-electron chi connectivity index (χ3n) is 4.22. The molecule has 152 valence electrons. The first-order valence-electron chi connectivity index (χ1n) is 9.22. The van der Waals surface area contributed by atoms with Gasteiger partial charge in [0.1, 0.15) is 12.4 Å². The number of rotatable bonds is 7. The summed E-state index contributed by atoms with van der Waals surface area (Å²) in [7, 11) is 0. The summed E-state index contributed by atoms with van der Waals surface area (Å²) in [6, 6.07) is 19.9. The summed E-state index contributed by atoms with van der Waals surface area (Å²) >= 11 is 5.61. The zero-order valence-corrected chi connectivity index (χ0v) is 19.9. The van der Waals surface area contributed by atoms with E-state index in [1.165, 1.54) is 6.07 Å². The first kappa shape index (κ1) is 22.3. The Morgan fingerprint density at radius 2 is 1.87 bits per heavy atom. The maximum absolute atomic E-state index is 14.1. The molecule has 0 fully saturated rings. The molecule has 0 aliphatic heterocycles. The standard InChI is InChI=1S/C24H18BrFINO2/c1-2-29-23-13-17(11-18(14-28)20-5-3-4-6-21(20)26)12-22(27)24(23)30-15-16-7-9-19(25)10-8-16/h3-13H,2,15H2,1H3/b18-11-. The predicted molar refractivity (Wildman–Crippen MR) is 129 cm³/mol. The van der Waals surface area contributed by atoms with Crippen LogP contribution in [-0.2, 0) is 6.61 Å². The molecule has 0 atom stereocenters. The van der Waals surface area contributed by atoms with Crippen LogP contribution in [0.15, 0.2) is 65.1 Å². The molecule has 0 heterocycles. The molecule has 0 spiro atoms.